The maximum absolute atomic E-state index is 4.38. The summed E-state index contributed by atoms with van der Waals surface area (Å²) in [5.41, 5.74) is 3.44. The minimum atomic E-state index is 0.735. The minimum Gasteiger partial charge on any atom is -0.274 e. The molecule has 16 heavy (non-hydrogen) atoms. The fraction of sp³-hybridized carbons (Fsp3) is 0.0909. The molecule has 5 heteroatoms. The normalized spacial score (nSPS) is 10.8. The molecule has 0 radical (unpaired) electrons. The molecule has 0 saturated heterocycles. The number of nitrogens with one attached hydrogen (secondary N) is 1. The number of rotatable bonds is 1. The summed E-state index contributed by atoms with van der Waals surface area (Å²) in [6.07, 6.45) is 5.25. The highest BCUT2D eigenvalue weighted by atomic mass is 15.1. The first-order chi connectivity index (χ1) is 7.84. The summed E-state index contributed by atoms with van der Waals surface area (Å²) in [5.74, 6) is 0.735. The van der Waals surface area contributed by atoms with E-state index < -0.39 is 0 Å². The van der Waals surface area contributed by atoms with Crippen molar-refractivity contribution in [2.45, 2.75) is 6.92 Å². The van der Waals surface area contributed by atoms with Crippen LogP contribution in [0.15, 0.2) is 30.7 Å². The first kappa shape index (κ1) is 8.96. The van der Waals surface area contributed by atoms with E-state index in [-0.39, 0.29) is 0 Å². The Hall–Kier alpha value is -2.30. The van der Waals surface area contributed by atoms with Crippen LogP contribution in [0.4, 0.5) is 0 Å². The zero-order chi connectivity index (χ0) is 11.0. The van der Waals surface area contributed by atoms with Crippen LogP contribution in [-0.4, -0.2) is 25.1 Å². The molecule has 0 aliphatic heterocycles. The van der Waals surface area contributed by atoms with E-state index in [1.165, 1.54) is 0 Å². The number of hydrogen-bond donors (Lipinski definition) is 1. The molecule has 3 aromatic rings. The molecule has 0 saturated carbocycles. The molecule has 0 aliphatic rings. The summed E-state index contributed by atoms with van der Waals surface area (Å²) in [6, 6.07) is 3.84. The van der Waals surface area contributed by atoms with Crippen LogP contribution in [0, 0.1) is 6.92 Å². The first-order valence-electron chi connectivity index (χ1n) is 4.93. The lowest BCUT2D eigenvalue weighted by Gasteiger charge is -1.96. The zero-order valence-electron chi connectivity index (χ0n) is 8.68. The van der Waals surface area contributed by atoms with E-state index in [0.29, 0.717) is 0 Å². The smallest absolute Gasteiger partial charge is 0.126 e. The number of nitrogens with zero attached hydrogens (tertiary/aromatic N) is 4. The van der Waals surface area contributed by atoms with E-state index in [2.05, 4.69) is 25.1 Å². The lowest BCUT2D eigenvalue weighted by molar-refractivity contribution is 1.08. The van der Waals surface area contributed by atoms with E-state index in [9.17, 15) is 0 Å². The second-order valence-electron chi connectivity index (χ2n) is 3.49. The molecular weight excluding hydrogens is 202 g/mol. The van der Waals surface area contributed by atoms with Crippen molar-refractivity contribution in [3.8, 4) is 11.3 Å². The quantitative estimate of drug-likeness (QED) is 0.665. The summed E-state index contributed by atoms with van der Waals surface area (Å²) in [6.45, 7) is 1.86. The van der Waals surface area contributed by atoms with Gasteiger partial charge in [0, 0.05) is 18.0 Å². The van der Waals surface area contributed by atoms with E-state index in [1.807, 2.05) is 19.1 Å². The summed E-state index contributed by atoms with van der Waals surface area (Å²) in [4.78, 5) is 12.6. The van der Waals surface area contributed by atoms with Crippen molar-refractivity contribution in [3.63, 3.8) is 0 Å². The molecule has 1 N–H and O–H groups in total. The highest BCUT2D eigenvalue weighted by molar-refractivity contribution is 5.88. The Morgan fingerprint density at radius 2 is 2.19 bits per heavy atom. The highest BCUT2D eigenvalue weighted by Gasteiger charge is 2.09. The molecule has 0 aliphatic carbocycles. The van der Waals surface area contributed by atoms with Crippen LogP contribution in [0.1, 0.15) is 5.82 Å². The Labute approximate surface area is 91.6 Å². The second kappa shape index (κ2) is 3.37. The Morgan fingerprint density at radius 3 is 3.00 bits per heavy atom. The molecule has 0 fully saturated rings. The fourth-order valence-corrected chi connectivity index (χ4v) is 1.61. The molecule has 0 bridgehead atoms. The van der Waals surface area contributed by atoms with E-state index in [0.717, 1.165) is 28.1 Å². The number of aromatic amines is 1. The molecule has 3 rings (SSSR count). The van der Waals surface area contributed by atoms with Gasteiger partial charge in [-0.15, -0.1) is 0 Å². The van der Waals surface area contributed by atoms with Crippen LogP contribution < -0.4 is 0 Å². The molecule has 78 valence electrons. The number of H-pyrrole nitrogens is 1. The van der Waals surface area contributed by atoms with Crippen molar-refractivity contribution in [1.29, 1.82) is 0 Å². The van der Waals surface area contributed by atoms with Crippen LogP contribution >= 0.6 is 0 Å². The number of fused-ring (bicyclic) bond motifs is 1. The molecule has 3 heterocycles. The molecule has 0 unspecified atom stereocenters. The van der Waals surface area contributed by atoms with Gasteiger partial charge in [0.1, 0.15) is 22.6 Å². The number of pyridine rings is 1. The summed E-state index contributed by atoms with van der Waals surface area (Å²) < 4.78 is 0. The molecule has 0 spiro atoms. The van der Waals surface area contributed by atoms with Gasteiger partial charge < -0.3 is 0 Å². The molecular formula is C11H9N5. The molecule has 3 aromatic heterocycles. The van der Waals surface area contributed by atoms with Gasteiger partial charge in [-0.2, -0.15) is 5.10 Å². The Balaban J connectivity index is 2.29. The molecule has 0 amide bonds. The van der Waals surface area contributed by atoms with Gasteiger partial charge in [-0.25, -0.2) is 9.97 Å². The van der Waals surface area contributed by atoms with Gasteiger partial charge in [0.2, 0.25) is 0 Å². The van der Waals surface area contributed by atoms with E-state index in [1.54, 1.807) is 18.6 Å². The number of aromatic nitrogens is 5. The topological polar surface area (TPSA) is 67.3 Å². The predicted octanol–water partition coefficient (Wildman–Crippen LogP) is 1.72. The SMILES string of the molecule is Cc1ncc2[nH]nc(-c3cccnc3)c2n1. The van der Waals surface area contributed by atoms with Crippen LogP contribution in [-0.2, 0) is 0 Å². The lowest BCUT2D eigenvalue weighted by Crippen LogP contribution is -1.87. The van der Waals surface area contributed by atoms with Crippen molar-refractivity contribution in [2.75, 3.05) is 0 Å². The van der Waals surface area contributed by atoms with Crippen molar-refractivity contribution in [3.05, 3.63) is 36.5 Å². The standard InChI is InChI=1S/C11H9N5/c1-7-13-6-9-11(14-7)10(16-15-9)8-3-2-4-12-5-8/h2-6H,1H3,(H,15,16). The van der Waals surface area contributed by atoms with Crippen molar-refractivity contribution >= 4 is 11.0 Å². The minimum absolute atomic E-state index is 0.735. The first-order valence-corrected chi connectivity index (χ1v) is 4.93. The van der Waals surface area contributed by atoms with E-state index >= 15 is 0 Å². The third-order valence-corrected chi connectivity index (χ3v) is 2.36. The Bertz CT molecular complexity index is 629. The average molecular weight is 211 g/mol. The Morgan fingerprint density at radius 1 is 1.25 bits per heavy atom. The van der Waals surface area contributed by atoms with Crippen molar-refractivity contribution in [2.24, 2.45) is 0 Å². The van der Waals surface area contributed by atoms with Crippen LogP contribution in [0.5, 0.6) is 0 Å². The van der Waals surface area contributed by atoms with Crippen molar-refractivity contribution < 1.29 is 0 Å². The van der Waals surface area contributed by atoms with Gasteiger partial charge in [-0.3, -0.25) is 10.1 Å². The third kappa shape index (κ3) is 1.33. The Kier molecular flexibility index (Phi) is 1.89. The number of aryl methyl sites for hydroxylation is 1. The summed E-state index contributed by atoms with van der Waals surface area (Å²) >= 11 is 0. The van der Waals surface area contributed by atoms with Crippen LogP contribution in [0.2, 0.25) is 0 Å². The maximum Gasteiger partial charge on any atom is 0.126 e. The van der Waals surface area contributed by atoms with Gasteiger partial charge in [-0.05, 0) is 19.1 Å². The maximum atomic E-state index is 4.38. The molecule has 0 aromatic carbocycles. The third-order valence-electron chi connectivity index (χ3n) is 2.36. The fourth-order valence-electron chi connectivity index (χ4n) is 1.61. The van der Waals surface area contributed by atoms with Crippen LogP contribution in [0.3, 0.4) is 0 Å². The number of hydrogen-bond acceptors (Lipinski definition) is 4. The molecule has 0 atom stereocenters. The lowest BCUT2D eigenvalue weighted by atomic mass is 10.2. The molecule has 5 nitrogen and oxygen atoms in total. The van der Waals surface area contributed by atoms with Gasteiger partial charge >= 0.3 is 0 Å². The average Bonchev–Trinajstić information content (AvgIpc) is 2.73. The van der Waals surface area contributed by atoms with Crippen LogP contribution in [0.25, 0.3) is 22.3 Å². The van der Waals surface area contributed by atoms with Gasteiger partial charge in [-0.1, -0.05) is 0 Å². The monoisotopic (exact) mass is 211 g/mol. The summed E-state index contributed by atoms with van der Waals surface area (Å²) in [7, 11) is 0. The van der Waals surface area contributed by atoms with Gasteiger partial charge in [0.15, 0.2) is 0 Å². The van der Waals surface area contributed by atoms with E-state index in [4.69, 9.17) is 0 Å². The summed E-state index contributed by atoms with van der Waals surface area (Å²) in [5, 5.41) is 7.15. The second-order valence-corrected chi connectivity index (χ2v) is 3.49. The highest BCUT2D eigenvalue weighted by Crippen LogP contribution is 2.22. The van der Waals surface area contributed by atoms with Gasteiger partial charge in [0.05, 0.1) is 6.20 Å². The zero-order valence-corrected chi connectivity index (χ0v) is 8.68. The van der Waals surface area contributed by atoms with Gasteiger partial charge in [0.25, 0.3) is 0 Å². The predicted molar refractivity (Wildman–Crippen MR) is 59.7 cm³/mol. The largest absolute Gasteiger partial charge is 0.274 e. The van der Waals surface area contributed by atoms with Crippen molar-refractivity contribution in [1.82, 2.24) is 25.1 Å².